The van der Waals surface area contributed by atoms with Crippen molar-refractivity contribution in [3.8, 4) is 5.75 Å². The molecule has 6 heteroatoms. The number of hydrogen-bond donors (Lipinski definition) is 1. The molecular formula is C12H12ClN3O2. The summed E-state index contributed by atoms with van der Waals surface area (Å²) in [5, 5.41) is 7.20. The van der Waals surface area contributed by atoms with E-state index < -0.39 is 0 Å². The molecule has 0 radical (unpaired) electrons. The van der Waals surface area contributed by atoms with Crippen LogP contribution in [-0.4, -0.2) is 22.8 Å². The highest BCUT2D eigenvalue weighted by atomic mass is 35.5. The normalized spacial score (nSPS) is 10.2. The molecule has 0 aliphatic carbocycles. The fourth-order valence-electron chi connectivity index (χ4n) is 1.56. The molecule has 0 saturated heterocycles. The van der Waals surface area contributed by atoms with Crippen molar-refractivity contribution in [1.82, 2.24) is 9.78 Å². The monoisotopic (exact) mass is 265 g/mol. The van der Waals surface area contributed by atoms with Gasteiger partial charge in [0.05, 0.1) is 12.8 Å². The number of aryl methyl sites for hydroxylation is 1. The van der Waals surface area contributed by atoms with E-state index in [-0.39, 0.29) is 5.91 Å². The maximum atomic E-state index is 12.0. The molecule has 0 spiro atoms. The summed E-state index contributed by atoms with van der Waals surface area (Å²) < 4.78 is 6.65. The van der Waals surface area contributed by atoms with Crippen LogP contribution in [-0.2, 0) is 7.05 Å². The smallest absolute Gasteiger partial charge is 0.274 e. The van der Waals surface area contributed by atoms with Gasteiger partial charge in [0.1, 0.15) is 11.4 Å². The number of benzene rings is 1. The first kappa shape index (κ1) is 12.4. The number of methoxy groups -OCH3 is 1. The minimum absolute atomic E-state index is 0.268. The van der Waals surface area contributed by atoms with Crippen molar-refractivity contribution in [3.05, 3.63) is 41.2 Å². The molecule has 0 bridgehead atoms. The van der Waals surface area contributed by atoms with Gasteiger partial charge >= 0.3 is 0 Å². The maximum Gasteiger partial charge on any atom is 0.274 e. The van der Waals surface area contributed by atoms with Crippen molar-refractivity contribution < 1.29 is 9.53 Å². The number of aromatic nitrogens is 2. The van der Waals surface area contributed by atoms with Gasteiger partial charge in [-0.1, -0.05) is 11.6 Å². The summed E-state index contributed by atoms with van der Waals surface area (Å²) in [4.78, 5) is 12.0. The second-order valence-corrected chi connectivity index (χ2v) is 4.08. The highest BCUT2D eigenvalue weighted by Gasteiger charge is 2.12. The van der Waals surface area contributed by atoms with E-state index in [4.69, 9.17) is 16.3 Å². The Morgan fingerprint density at radius 1 is 1.44 bits per heavy atom. The van der Waals surface area contributed by atoms with Crippen molar-refractivity contribution in [2.75, 3.05) is 12.4 Å². The van der Waals surface area contributed by atoms with E-state index in [0.717, 1.165) is 0 Å². The quantitative estimate of drug-likeness (QED) is 0.927. The number of halogens is 1. The molecule has 0 saturated carbocycles. The van der Waals surface area contributed by atoms with E-state index in [2.05, 4.69) is 10.4 Å². The van der Waals surface area contributed by atoms with E-state index >= 15 is 0 Å². The lowest BCUT2D eigenvalue weighted by molar-refractivity contribution is 0.101. The fourth-order valence-corrected chi connectivity index (χ4v) is 1.73. The minimum Gasteiger partial charge on any atom is -0.495 e. The lowest BCUT2D eigenvalue weighted by Gasteiger charge is -2.10. The predicted octanol–water partition coefficient (Wildman–Crippen LogP) is 2.33. The Kier molecular flexibility index (Phi) is 3.53. The Morgan fingerprint density at radius 2 is 2.22 bits per heavy atom. The molecule has 1 aromatic heterocycles. The number of anilines is 1. The van der Waals surface area contributed by atoms with E-state index in [1.807, 2.05) is 0 Å². The zero-order chi connectivity index (χ0) is 13.1. The second-order valence-electron chi connectivity index (χ2n) is 3.64. The predicted molar refractivity (Wildman–Crippen MR) is 69.2 cm³/mol. The lowest BCUT2D eigenvalue weighted by Crippen LogP contribution is -2.16. The number of carbonyl (C=O) groups excluding carboxylic acids is 1. The molecule has 2 aromatic rings. The number of ether oxygens (including phenoxy) is 1. The minimum atomic E-state index is -0.268. The van der Waals surface area contributed by atoms with Crippen LogP contribution in [0.15, 0.2) is 30.5 Å². The first-order chi connectivity index (χ1) is 8.61. The Morgan fingerprint density at radius 3 is 2.83 bits per heavy atom. The van der Waals surface area contributed by atoms with Crippen LogP contribution in [0.25, 0.3) is 0 Å². The third-order valence-electron chi connectivity index (χ3n) is 2.46. The fraction of sp³-hybridized carbons (Fsp3) is 0.167. The average molecular weight is 266 g/mol. The molecule has 0 aliphatic rings. The number of hydrogen-bond acceptors (Lipinski definition) is 3. The summed E-state index contributed by atoms with van der Waals surface area (Å²) in [6.45, 7) is 0. The van der Waals surface area contributed by atoms with Crippen LogP contribution in [0.2, 0.25) is 5.02 Å². The molecule has 0 atom stereocenters. The Hall–Kier alpha value is -2.01. The van der Waals surface area contributed by atoms with Crippen LogP contribution in [0.4, 0.5) is 5.69 Å². The van der Waals surface area contributed by atoms with Crippen molar-refractivity contribution in [2.24, 2.45) is 7.05 Å². The summed E-state index contributed by atoms with van der Waals surface area (Å²) in [5.41, 5.74) is 0.980. The average Bonchev–Trinajstić information content (AvgIpc) is 2.76. The zero-order valence-electron chi connectivity index (χ0n) is 9.98. The molecule has 1 heterocycles. The van der Waals surface area contributed by atoms with E-state index in [1.54, 1.807) is 37.5 Å². The lowest BCUT2D eigenvalue weighted by atomic mass is 10.2. The van der Waals surface area contributed by atoms with Gasteiger partial charge in [-0.3, -0.25) is 9.48 Å². The molecular weight excluding hydrogens is 254 g/mol. The van der Waals surface area contributed by atoms with Crippen LogP contribution in [0.1, 0.15) is 10.5 Å². The van der Waals surface area contributed by atoms with Gasteiger partial charge in [0.2, 0.25) is 0 Å². The van der Waals surface area contributed by atoms with Crippen molar-refractivity contribution in [1.29, 1.82) is 0 Å². The first-order valence-corrected chi connectivity index (χ1v) is 5.62. The van der Waals surface area contributed by atoms with Crippen LogP contribution >= 0.6 is 11.6 Å². The van der Waals surface area contributed by atoms with Crippen molar-refractivity contribution in [2.45, 2.75) is 0 Å². The topological polar surface area (TPSA) is 56.1 Å². The summed E-state index contributed by atoms with van der Waals surface area (Å²) in [6, 6.07) is 6.66. The third kappa shape index (κ3) is 2.46. The molecule has 1 N–H and O–H groups in total. The number of carbonyl (C=O) groups is 1. The summed E-state index contributed by atoms with van der Waals surface area (Å²) >= 11 is 5.89. The molecule has 0 aliphatic heterocycles. The Bertz CT molecular complexity index is 580. The van der Waals surface area contributed by atoms with E-state index in [0.29, 0.717) is 22.2 Å². The number of nitrogens with zero attached hydrogens (tertiary/aromatic N) is 2. The zero-order valence-corrected chi connectivity index (χ0v) is 10.7. The largest absolute Gasteiger partial charge is 0.495 e. The molecule has 94 valence electrons. The van der Waals surface area contributed by atoms with Gasteiger partial charge in [-0.05, 0) is 24.3 Å². The summed E-state index contributed by atoms with van der Waals surface area (Å²) in [7, 11) is 3.23. The van der Waals surface area contributed by atoms with Crippen LogP contribution < -0.4 is 10.1 Å². The number of rotatable bonds is 3. The molecule has 1 amide bonds. The van der Waals surface area contributed by atoms with E-state index in [1.165, 1.54) is 11.8 Å². The SMILES string of the molecule is COc1ccc(Cl)cc1NC(=O)c1ccnn1C. The Balaban J connectivity index is 2.27. The number of nitrogens with one attached hydrogen (secondary N) is 1. The van der Waals surface area contributed by atoms with Gasteiger partial charge in [-0.15, -0.1) is 0 Å². The Labute approximate surface area is 109 Å². The third-order valence-corrected chi connectivity index (χ3v) is 2.70. The number of amides is 1. The van der Waals surface area contributed by atoms with Crippen LogP contribution in [0, 0.1) is 0 Å². The van der Waals surface area contributed by atoms with Crippen molar-refractivity contribution in [3.63, 3.8) is 0 Å². The van der Waals surface area contributed by atoms with Gasteiger partial charge in [0, 0.05) is 18.3 Å². The molecule has 1 aromatic carbocycles. The second kappa shape index (κ2) is 5.10. The van der Waals surface area contributed by atoms with Crippen molar-refractivity contribution >= 4 is 23.2 Å². The molecule has 0 unspecified atom stereocenters. The van der Waals surface area contributed by atoms with Gasteiger partial charge in [-0.25, -0.2) is 0 Å². The highest BCUT2D eigenvalue weighted by Crippen LogP contribution is 2.27. The van der Waals surface area contributed by atoms with Gasteiger partial charge < -0.3 is 10.1 Å². The summed E-state index contributed by atoms with van der Waals surface area (Å²) in [5.74, 6) is 0.283. The standard InChI is InChI=1S/C12H12ClN3O2/c1-16-10(5-6-14-16)12(17)15-9-7-8(13)3-4-11(9)18-2/h3-7H,1-2H3,(H,15,17). The highest BCUT2D eigenvalue weighted by molar-refractivity contribution is 6.31. The molecule has 5 nitrogen and oxygen atoms in total. The van der Waals surface area contributed by atoms with Crippen LogP contribution in [0.3, 0.4) is 0 Å². The van der Waals surface area contributed by atoms with Gasteiger partial charge in [-0.2, -0.15) is 5.10 Å². The molecule has 18 heavy (non-hydrogen) atoms. The maximum absolute atomic E-state index is 12.0. The van der Waals surface area contributed by atoms with E-state index in [9.17, 15) is 4.79 Å². The molecule has 2 rings (SSSR count). The molecule has 0 fully saturated rings. The van der Waals surface area contributed by atoms with Gasteiger partial charge in [0.25, 0.3) is 5.91 Å². The first-order valence-electron chi connectivity index (χ1n) is 5.24. The van der Waals surface area contributed by atoms with Gasteiger partial charge in [0.15, 0.2) is 0 Å². The summed E-state index contributed by atoms with van der Waals surface area (Å²) in [6.07, 6.45) is 1.56. The van der Waals surface area contributed by atoms with Crippen LogP contribution in [0.5, 0.6) is 5.75 Å².